The van der Waals surface area contributed by atoms with Gasteiger partial charge < -0.3 is 0 Å². The normalized spacial score (nSPS) is 10.8. The van der Waals surface area contributed by atoms with E-state index in [-0.39, 0.29) is 21.2 Å². The predicted octanol–water partition coefficient (Wildman–Crippen LogP) is -0.336. The Balaban J connectivity index is 1.91. The molecule has 2 aromatic carbocycles. The Morgan fingerprint density at radius 3 is 2.45 bits per heavy atom. The Bertz CT molecular complexity index is 579. The van der Waals surface area contributed by atoms with E-state index < -0.39 is 5.91 Å². The number of hydrogen-bond acceptors (Lipinski definition) is 2. The van der Waals surface area contributed by atoms with Crippen LogP contribution in [-0.4, -0.2) is 11.1 Å². The van der Waals surface area contributed by atoms with Crippen LogP contribution in [0.15, 0.2) is 60.7 Å². The SMILES string of the molecule is O=C(/C=C/c1ccc(C[I-]c2ccccc2)cc1)NO. The number of carbonyl (C=O) groups is 1. The van der Waals surface area contributed by atoms with Crippen molar-refractivity contribution in [2.75, 3.05) is 0 Å². The summed E-state index contributed by atoms with van der Waals surface area (Å²) < 4.78 is 2.54. The first-order valence-electron chi connectivity index (χ1n) is 6.13. The van der Waals surface area contributed by atoms with Gasteiger partial charge in [-0.1, -0.05) is 0 Å². The van der Waals surface area contributed by atoms with Crippen LogP contribution in [0, 0.1) is 3.57 Å². The minimum atomic E-state index is -0.524. The van der Waals surface area contributed by atoms with Gasteiger partial charge in [-0.25, -0.2) is 0 Å². The molecule has 2 aromatic rings. The first-order valence-corrected chi connectivity index (χ1v) is 8.73. The van der Waals surface area contributed by atoms with Gasteiger partial charge in [-0.05, 0) is 0 Å². The quantitative estimate of drug-likeness (QED) is 0.245. The van der Waals surface area contributed by atoms with Gasteiger partial charge in [0, 0.05) is 0 Å². The van der Waals surface area contributed by atoms with E-state index in [1.165, 1.54) is 15.2 Å². The Morgan fingerprint density at radius 2 is 1.80 bits per heavy atom. The van der Waals surface area contributed by atoms with E-state index in [9.17, 15) is 4.79 Å². The molecule has 0 heterocycles. The van der Waals surface area contributed by atoms with Crippen LogP contribution in [0.3, 0.4) is 0 Å². The molecule has 2 rings (SSSR count). The summed E-state index contributed by atoms with van der Waals surface area (Å²) in [5, 5.41) is 8.39. The summed E-state index contributed by atoms with van der Waals surface area (Å²) in [6.45, 7) is 0. The van der Waals surface area contributed by atoms with Crippen molar-refractivity contribution in [3.05, 3.63) is 75.4 Å². The zero-order chi connectivity index (χ0) is 14.2. The van der Waals surface area contributed by atoms with Crippen molar-refractivity contribution in [3.8, 4) is 0 Å². The second-order valence-corrected chi connectivity index (χ2v) is 6.89. The van der Waals surface area contributed by atoms with Crippen LogP contribution in [-0.2, 0) is 9.22 Å². The molecule has 4 heteroatoms. The molecule has 0 aliphatic heterocycles. The summed E-state index contributed by atoms with van der Waals surface area (Å²) in [5.41, 5.74) is 3.81. The molecule has 0 spiro atoms. The molecule has 0 saturated heterocycles. The third kappa shape index (κ3) is 4.79. The third-order valence-electron chi connectivity index (χ3n) is 2.63. The fraction of sp³-hybridized carbons (Fsp3) is 0.0625. The topological polar surface area (TPSA) is 49.3 Å². The van der Waals surface area contributed by atoms with Gasteiger partial charge in [-0.15, -0.1) is 0 Å². The fourth-order valence-corrected chi connectivity index (χ4v) is 3.90. The average Bonchev–Trinajstić information content (AvgIpc) is 2.52. The van der Waals surface area contributed by atoms with Crippen molar-refractivity contribution in [1.29, 1.82) is 0 Å². The molecule has 20 heavy (non-hydrogen) atoms. The van der Waals surface area contributed by atoms with Crippen LogP contribution in [0.25, 0.3) is 6.08 Å². The van der Waals surface area contributed by atoms with Crippen LogP contribution >= 0.6 is 0 Å². The zero-order valence-electron chi connectivity index (χ0n) is 10.8. The van der Waals surface area contributed by atoms with Crippen molar-refractivity contribution >= 4 is 12.0 Å². The van der Waals surface area contributed by atoms with Gasteiger partial charge in [-0.3, -0.25) is 0 Å². The Labute approximate surface area is 128 Å². The Kier molecular flexibility index (Phi) is 5.76. The molecule has 0 unspecified atom stereocenters. The summed E-state index contributed by atoms with van der Waals surface area (Å²) in [6, 6.07) is 18.7. The second-order valence-electron chi connectivity index (χ2n) is 4.11. The Morgan fingerprint density at radius 1 is 1.10 bits per heavy atom. The van der Waals surface area contributed by atoms with E-state index >= 15 is 0 Å². The summed E-state index contributed by atoms with van der Waals surface area (Å²) >= 11 is 0.00140. The molecular formula is C16H15INO2-. The molecule has 0 saturated carbocycles. The molecule has 0 fully saturated rings. The summed E-state index contributed by atoms with van der Waals surface area (Å²) in [4.78, 5) is 10.9. The monoisotopic (exact) mass is 380 g/mol. The van der Waals surface area contributed by atoms with E-state index in [2.05, 4.69) is 36.4 Å². The molecular weight excluding hydrogens is 365 g/mol. The van der Waals surface area contributed by atoms with E-state index in [4.69, 9.17) is 5.21 Å². The predicted molar refractivity (Wildman–Crippen MR) is 74.2 cm³/mol. The van der Waals surface area contributed by atoms with Gasteiger partial charge in [0.15, 0.2) is 0 Å². The van der Waals surface area contributed by atoms with Crippen LogP contribution < -0.4 is 26.7 Å². The number of halogens is 1. The van der Waals surface area contributed by atoms with Crippen LogP contribution in [0.5, 0.6) is 0 Å². The maximum absolute atomic E-state index is 10.9. The van der Waals surface area contributed by atoms with E-state index in [0.717, 1.165) is 9.99 Å². The number of hydrogen-bond donors (Lipinski definition) is 2. The van der Waals surface area contributed by atoms with Crippen molar-refractivity contribution in [1.82, 2.24) is 5.48 Å². The average molecular weight is 380 g/mol. The number of carbonyl (C=O) groups excluding carboxylic acids is 1. The zero-order valence-corrected chi connectivity index (χ0v) is 12.9. The van der Waals surface area contributed by atoms with Gasteiger partial charge in [0.1, 0.15) is 0 Å². The van der Waals surface area contributed by atoms with Gasteiger partial charge in [0.05, 0.1) is 0 Å². The molecule has 0 atom stereocenters. The number of hydroxylamine groups is 1. The molecule has 1 amide bonds. The van der Waals surface area contributed by atoms with Crippen molar-refractivity contribution in [2.45, 2.75) is 4.43 Å². The maximum atomic E-state index is 10.9. The molecule has 0 aliphatic rings. The molecule has 0 aliphatic carbocycles. The third-order valence-corrected chi connectivity index (χ3v) is 5.49. The summed E-state index contributed by atoms with van der Waals surface area (Å²) in [5.74, 6) is -0.524. The standard InChI is InChI=1S/C16H15INO2/c19-16(18-20)11-10-13-6-8-14(9-7-13)12-17-15-4-2-1-3-5-15/h1-11,20H,12H2,(H,18,19)/q-1/b11-10+. The van der Waals surface area contributed by atoms with Gasteiger partial charge >= 0.3 is 128 Å². The van der Waals surface area contributed by atoms with Crippen LogP contribution in [0.2, 0.25) is 0 Å². The van der Waals surface area contributed by atoms with Gasteiger partial charge in [0.2, 0.25) is 0 Å². The van der Waals surface area contributed by atoms with Crippen molar-refractivity contribution in [2.24, 2.45) is 0 Å². The number of rotatable bonds is 5. The minimum absolute atomic E-state index is 0.00140. The molecule has 104 valence electrons. The summed E-state index contributed by atoms with van der Waals surface area (Å²) in [7, 11) is 0. The van der Waals surface area contributed by atoms with Crippen LogP contribution in [0.4, 0.5) is 0 Å². The summed E-state index contributed by atoms with van der Waals surface area (Å²) in [6.07, 6.45) is 2.97. The van der Waals surface area contributed by atoms with Gasteiger partial charge in [0.25, 0.3) is 0 Å². The second kappa shape index (κ2) is 7.81. The molecule has 0 aromatic heterocycles. The van der Waals surface area contributed by atoms with E-state index in [0.29, 0.717) is 0 Å². The molecule has 2 N–H and O–H groups in total. The first-order chi connectivity index (χ1) is 9.78. The molecule has 0 bridgehead atoms. The Hall–Kier alpha value is -1.66. The number of benzene rings is 2. The van der Waals surface area contributed by atoms with Crippen molar-refractivity contribution in [3.63, 3.8) is 0 Å². The molecule has 0 radical (unpaired) electrons. The first kappa shape index (κ1) is 14.7. The van der Waals surface area contributed by atoms with Gasteiger partial charge in [-0.2, -0.15) is 0 Å². The van der Waals surface area contributed by atoms with Crippen LogP contribution in [0.1, 0.15) is 11.1 Å². The van der Waals surface area contributed by atoms with E-state index in [1.807, 2.05) is 18.2 Å². The fourth-order valence-electron chi connectivity index (χ4n) is 1.59. The number of amides is 1. The number of alkyl halides is 1. The van der Waals surface area contributed by atoms with Crippen molar-refractivity contribution < 1.29 is 31.2 Å². The number of nitrogens with one attached hydrogen (secondary N) is 1. The van der Waals surface area contributed by atoms with E-state index in [1.54, 1.807) is 11.6 Å². The molecule has 3 nitrogen and oxygen atoms in total.